The van der Waals surface area contributed by atoms with E-state index in [1.165, 1.54) is 6.20 Å². The van der Waals surface area contributed by atoms with Crippen LogP contribution in [-0.4, -0.2) is 77.8 Å². The van der Waals surface area contributed by atoms with Crippen LogP contribution in [-0.2, 0) is 28.9 Å². The van der Waals surface area contributed by atoms with Gasteiger partial charge < -0.3 is 39.5 Å². The summed E-state index contributed by atoms with van der Waals surface area (Å²) in [4.78, 5) is 46.1. The minimum atomic E-state index is -0.382. The Morgan fingerprint density at radius 2 is 2.00 bits per heavy atom. The number of nitrogen functional groups attached to an aromatic ring is 1. The van der Waals surface area contributed by atoms with E-state index in [1.807, 2.05) is 11.8 Å². The molecular formula is C26H31N7O6. The van der Waals surface area contributed by atoms with Gasteiger partial charge in [0.1, 0.15) is 23.5 Å². The highest BCUT2D eigenvalue weighted by Crippen LogP contribution is 2.35. The third kappa shape index (κ3) is 4.97. The Hall–Kier alpha value is -4.26. The number of ether oxygens (including phenoxy) is 2. The topological polar surface area (TPSA) is 165 Å². The molecule has 13 nitrogen and oxygen atoms in total. The maximum absolute atomic E-state index is 13.7. The zero-order valence-electron chi connectivity index (χ0n) is 21.8. The SMILES string of the molecule is CCc1c(N2CCN(C(=O)c3ncc4c(c3O)CCO4)CC2)c(=O)c(N=NC2=CCOCC2)c(N)n1CC=O. The number of fused-ring (bicyclic) bond motifs is 1. The van der Waals surface area contributed by atoms with Gasteiger partial charge in [-0.3, -0.25) is 9.59 Å². The second kappa shape index (κ2) is 11.2. The van der Waals surface area contributed by atoms with Crippen molar-refractivity contribution in [2.75, 3.05) is 56.6 Å². The lowest BCUT2D eigenvalue weighted by molar-refractivity contribution is -0.108. The Kier molecular flexibility index (Phi) is 7.59. The lowest BCUT2D eigenvalue weighted by atomic mass is 10.1. The molecule has 0 aliphatic carbocycles. The molecule has 0 unspecified atom stereocenters. The Labute approximate surface area is 224 Å². The van der Waals surface area contributed by atoms with Crippen LogP contribution in [0.2, 0.25) is 0 Å². The Morgan fingerprint density at radius 3 is 2.69 bits per heavy atom. The van der Waals surface area contributed by atoms with Crippen LogP contribution in [0.25, 0.3) is 0 Å². The number of pyridine rings is 2. The molecule has 5 heterocycles. The normalized spacial score (nSPS) is 17.2. The summed E-state index contributed by atoms with van der Waals surface area (Å²) >= 11 is 0. The van der Waals surface area contributed by atoms with Crippen molar-refractivity contribution in [3.05, 3.63) is 45.1 Å². The Morgan fingerprint density at radius 1 is 1.21 bits per heavy atom. The number of anilines is 2. The molecule has 0 bridgehead atoms. The monoisotopic (exact) mass is 537 g/mol. The van der Waals surface area contributed by atoms with Crippen molar-refractivity contribution in [2.45, 2.75) is 32.7 Å². The van der Waals surface area contributed by atoms with Gasteiger partial charge in [0.25, 0.3) is 5.91 Å². The Bertz CT molecular complexity index is 1410. The largest absolute Gasteiger partial charge is 0.505 e. The first kappa shape index (κ1) is 26.4. The number of rotatable bonds is 7. The molecule has 206 valence electrons. The van der Waals surface area contributed by atoms with Crippen LogP contribution in [0.3, 0.4) is 0 Å². The van der Waals surface area contributed by atoms with Crippen molar-refractivity contribution in [1.29, 1.82) is 0 Å². The Balaban J connectivity index is 1.43. The number of nitrogens with zero attached hydrogens (tertiary/aromatic N) is 6. The zero-order valence-corrected chi connectivity index (χ0v) is 21.8. The molecule has 13 heteroatoms. The van der Waals surface area contributed by atoms with E-state index in [0.717, 1.165) is 6.29 Å². The fourth-order valence-corrected chi connectivity index (χ4v) is 5.14. The molecule has 0 radical (unpaired) electrons. The number of aldehydes is 1. The van der Waals surface area contributed by atoms with E-state index in [4.69, 9.17) is 15.2 Å². The fourth-order valence-electron chi connectivity index (χ4n) is 5.14. The van der Waals surface area contributed by atoms with Crippen molar-refractivity contribution in [2.24, 2.45) is 10.2 Å². The van der Waals surface area contributed by atoms with Gasteiger partial charge in [-0.1, -0.05) is 6.92 Å². The third-order valence-electron chi connectivity index (χ3n) is 7.19. The molecule has 0 saturated carbocycles. The minimum absolute atomic E-state index is 0.00659. The van der Waals surface area contributed by atoms with Gasteiger partial charge in [0.2, 0.25) is 5.43 Å². The molecule has 5 rings (SSSR count). The average Bonchev–Trinajstić information content (AvgIpc) is 3.45. The highest BCUT2D eigenvalue weighted by atomic mass is 16.5. The molecule has 1 fully saturated rings. The molecule has 0 aromatic carbocycles. The van der Waals surface area contributed by atoms with Gasteiger partial charge in [0, 0.05) is 50.3 Å². The first-order chi connectivity index (χ1) is 18.9. The van der Waals surface area contributed by atoms with Gasteiger partial charge in [0.15, 0.2) is 17.1 Å². The van der Waals surface area contributed by atoms with E-state index in [2.05, 4.69) is 15.2 Å². The van der Waals surface area contributed by atoms with Crippen LogP contribution in [0.4, 0.5) is 17.2 Å². The molecule has 2 aromatic heterocycles. The van der Waals surface area contributed by atoms with E-state index in [0.29, 0.717) is 93.7 Å². The molecule has 1 saturated heterocycles. The number of piperazine rings is 1. The van der Waals surface area contributed by atoms with E-state index in [1.54, 1.807) is 15.5 Å². The second-order valence-corrected chi connectivity index (χ2v) is 9.39. The second-order valence-electron chi connectivity index (χ2n) is 9.39. The molecule has 1 amide bonds. The molecule has 3 aliphatic heterocycles. The van der Waals surface area contributed by atoms with Gasteiger partial charge in [-0.05, 0) is 12.5 Å². The summed E-state index contributed by atoms with van der Waals surface area (Å²) < 4.78 is 12.3. The minimum Gasteiger partial charge on any atom is -0.505 e. The number of azo groups is 1. The number of aromatic hydroxyl groups is 1. The van der Waals surface area contributed by atoms with Crippen LogP contribution in [0.5, 0.6) is 11.5 Å². The lowest BCUT2D eigenvalue weighted by Gasteiger charge is -2.37. The number of amides is 1. The van der Waals surface area contributed by atoms with E-state index >= 15 is 0 Å². The summed E-state index contributed by atoms with van der Waals surface area (Å²) in [5, 5.41) is 19.1. The van der Waals surface area contributed by atoms with Crippen molar-refractivity contribution in [3.63, 3.8) is 0 Å². The highest BCUT2D eigenvalue weighted by Gasteiger charge is 2.31. The van der Waals surface area contributed by atoms with Crippen LogP contribution < -0.4 is 20.8 Å². The molecule has 3 aliphatic rings. The van der Waals surface area contributed by atoms with Crippen molar-refractivity contribution in [3.8, 4) is 11.5 Å². The molecule has 0 atom stereocenters. The number of hydrogen-bond acceptors (Lipinski definition) is 11. The predicted molar refractivity (Wildman–Crippen MR) is 142 cm³/mol. The van der Waals surface area contributed by atoms with Gasteiger partial charge >= 0.3 is 0 Å². The van der Waals surface area contributed by atoms with Crippen LogP contribution >= 0.6 is 0 Å². The molecule has 0 spiro atoms. The molecule has 3 N–H and O–H groups in total. The van der Waals surface area contributed by atoms with Crippen LogP contribution in [0.15, 0.2) is 33.0 Å². The number of carbonyl (C=O) groups is 2. The fraction of sp³-hybridized carbons (Fsp3) is 0.462. The van der Waals surface area contributed by atoms with Crippen LogP contribution in [0, 0.1) is 0 Å². The summed E-state index contributed by atoms with van der Waals surface area (Å²) in [6.45, 7) is 4.55. The number of carbonyl (C=O) groups excluding carboxylic acids is 2. The van der Waals surface area contributed by atoms with Gasteiger partial charge in [-0.2, -0.15) is 5.11 Å². The van der Waals surface area contributed by atoms with Gasteiger partial charge in [-0.25, -0.2) is 4.98 Å². The maximum atomic E-state index is 13.7. The summed E-state index contributed by atoms with van der Waals surface area (Å²) in [6, 6.07) is 0. The average molecular weight is 538 g/mol. The number of aromatic nitrogens is 2. The van der Waals surface area contributed by atoms with E-state index in [-0.39, 0.29) is 40.8 Å². The summed E-state index contributed by atoms with van der Waals surface area (Å²) in [5.74, 6) is 0.0557. The standard InChI is InChI=1S/C26H31N7O6/c1-2-18-22(24(36)20(25(27)33(18)10-11-34)30-29-16-3-12-38-13-4-16)31-6-8-32(9-7-31)26(37)21-23(35)17-5-14-39-19(17)15-28-21/h3,11,15,35H,2,4-10,12-14,27H2,1H3. The van der Waals surface area contributed by atoms with Crippen LogP contribution in [0.1, 0.15) is 35.1 Å². The first-order valence-electron chi connectivity index (χ1n) is 13.0. The summed E-state index contributed by atoms with van der Waals surface area (Å²) in [6.07, 6.45) is 5.54. The quantitative estimate of drug-likeness (QED) is 0.394. The number of hydrogen-bond donors (Lipinski definition) is 2. The first-order valence-corrected chi connectivity index (χ1v) is 13.0. The third-order valence-corrected chi connectivity index (χ3v) is 7.19. The number of nitrogens with two attached hydrogens (primary N) is 1. The zero-order chi connectivity index (χ0) is 27.5. The van der Waals surface area contributed by atoms with Crippen molar-refractivity contribution in [1.82, 2.24) is 14.5 Å². The van der Waals surface area contributed by atoms with Gasteiger partial charge in [-0.15, -0.1) is 5.11 Å². The molecular weight excluding hydrogens is 506 g/mol. The predicted octanol–water partition coefficient (Wildman–Crippen LogP) is 1.58. The lowest BCUT2D eigenvalue weighted by Crippen LogP contribution is -2.50. The van der Waals surface area contributed by atoms with Crippen molar-refractivity contribution >= 4 is 29.4 Å². The summed E-state index contributed by atoms with van der Waals surface area (Å²) in [5.41, 5.74) is 8.23. The molecule has 39 heavy (non-hydrogen) atoms. The van der Waals surface area contributed by atoms with E-state index < -0.39 is 0 Å². The molecule has 2 aromatic rings. The maximum Gasteiger partial charge on any atom is 0.276 e. The van der Waals surface area contributed by atoms with E-state index in [9.17, 15) is 19.5 Å². The van der Waals surface area contributed by atoms with Gasteiger partial charge in [0.05, 0.1) is 38.3 Å². The summed E-state index contributed by atoms with van der Waals surface area (Å²) in [7, 11) is 0. The highest BCUT2D eigenvalue weighted by molar-refractivity contribution is 5.95. The van der Waals surface area contributed by atoms with Crippen molar-refractivity contribution < 1.29 is 24.2 Å². The smallest absolute Gasteiger partial charge is 0.276 e.